The highest BCUT2D eigenvalue weighted by atomic mass is 32.1. The van der Waals surface area contributed by atoms with Crippen molar-refractivity contribution in [3.05, 3.63) is 23.2 Å². The van der Waals surface area contributed by atoms with Crippen LogP contribution in [0.3, 0.4) is 0 Å². The number of carboxylic acid groups (broad SMARTS) is 1. The van der Waals surface area contributed by atoms with Crippen LogP contribution in [0, 0.1) is 0 Å². The molecule has 0 saturated carbocycles. The molecule has 0 radical (unpaired) electrons. The van der Waals surface area contributed by atoms with E-state index in [4.69, 9.17) is 5.11 Å². The summed E-state index contributed by atoms with van der Waals surface area (Å²) in [5.74, 6) is 0.00822. The van der Waals surface area contributed by atoms with Crippen LogP contribution in [0.1, 0.15) is 17.9 Å². The van der Waals surface area contributed by atoms with Gasteiger partial charge in [0.05, 0.1) is 18.7 Å². The Morgan fingerprint density at radius 2 is 2.44 bits per heavy atom. The zero-order valence-electron chi connectivity index (χ0n) is 9.83. The maximum absolute atomic E-state index is 10.4. The number of thiazole rings is 1. The van der Waals surface area contributed by atoms with E-state index in [0.29, 0.717) is 13.0 Å². The van der Waals surface area contributed by atoms with Gasteiger partial charge in [0.2, 0.25) is 0 Å². The van der Waals surface area contributed by atoms with Crippen molar-refractivity contribution in [2.24, 2.45) is 7.05 Å². The summed E-state index contributed by atoms with van der Waals surface area (Å²) < 4.78 is 1.83. The fraction of sp³-hybridized carbons (Fsp3) is 0.400. The van der Waals surface area contributed by atoms with E-state index in [1.54, 1.807) is 6.33 Å². The number of carbonyl (C=O) groups is 1. The summed E-state index contributed by atoms with van der Waals surface area (Å²) >= 11 is 1.46. The second kappa shape index (κ2) is 5.58. The van der Waals surface area contributed by atoms with Crippen LogP contribution in [0.5, 0.6) is 0 Å². The summed E-state index contributed by atoms with van der Waals surface area (Å²) in [6, 6.07) is 0. The summed E-state index contributed by atoms with van der Waals surface area (Å²) in [5, 5.41) is 22.1. The highest BCUT2D eigenvalue weighted by Crippen LogP contribution is 2.17. The topological polar surface area (TPSA) is 92.9 Å². The smallest absolute Gasteiger partial charge is 0.303 e. The van der Waals surface area contributed by atoms with Gasteiger partial charge in [0.25, 0.3) is 0 Å². The molecule has 0 aliphatic carbocycles. The summed E-state index contributed by atoms with van der Waals surface area (Å²) in [5.41, 5.74) is 0.794. The van der Waals surface area contributed by atoms with Gasteiger partial charge in [-0.25, -0.2) is 4.98 Å². The fourth-order valence-corrected chi connectivity index (χ4v) is 2.10. The maximum atomic E-state index is 10.4. The Bertz CT molecular complexity index is 536. The zero-order valence-corrected chi connectivity index (χ0v) is 10.6. The Hall–Kier alpha value is -1.96. The van der Waals surface area contributed by atoms with Gasteiger partial charge in [-0.3, -0.25) is 4.79 Å². The van der Waals surface area contributed by atoms with Gasteiger partial charge in [-0.05, 0) is 0 Å². The van der Waals surface area contributed by atoms with Gasteiger partial charge in [-0.2, -0.15) is 0 Å². The van der Waals surface area contributed by atoms with Crippen LogP contribution < -0.4 is 5.32 Å². The van der Waals surface area contributed by atoms with Crippen molar-refractivity contribution in [2.75, 3.05) is 5.32 Å². The van der Waals surface area contributed by atoms with E-state index in [1.165, 1.54) is 11.3 Å². The van der Waals surface area contributed by atoms with Crippen molar-refractivity contribution in [3.63, 3.8) is 0 Å². The van der Waals surface area contributed by atoms with E-state index < -0.39 is 5.97 Å². The van der Waals surface area contributed by atoms with Gasteiger partial charge >= 0.3 is 5.97 Å². The van der Waals surface area contributed by atoms with E-state index in [1.807, 2.05) is 17.0 Å². The first-order chi connectivity index (χ1) is 8.65. The van der Waals surface area contributed by atoms with Crippen molar-refractivity contribution in [1.29, 1.82) is 0 Å². The van der Waals surface area contributed by atoms with Crippen LogP contribution in [-0.4, -0.2) is 30.8 Å². The van der Waals surface area contributed by atoms with Crippen LogP contribution in [0.15, 0.2) is 11.7 Å². The number of hydrogen-bond donors (Lipinski definition) is 2. The Kier molecular flexibility index (Phi) is 3.88. The molecule has 96 valence electrons. The average molecular weight is 267 g/mol. The summed E-state index contributed by atoms with van der Waals surface area (Å²) in [6.07, 6.45) is 2.20. The zero-order chi connectivity index (χ0) is 13.0. The molecule has 2 heterocycles. The molecular weight excluding hydrogens is 254 g/mol. The number of anilines is 1. The number of rotatable bonds is 6. The lowest BCUT2D eigenvalue weighted by atomic mass is 10.2. The van der Waals surface area contributed by atoms with Crippen LogP contribution in [0.2, 0.25) is 0 Å². The van der Waals surface area contributed by atoms with Gasteiger partial charge in [0.15, 0.2) is 11.0 Å². The monoisotopic (exact) mass is 267 g/mol. The SMILES string of the molecule is Cn1cnnc1CNc1nc(CCC(=O)O)cs1. The molecule has 18 heavy (non-hydrogen) atoms. The summed E-state index contributed by atoms with van der Waals surface area (Å²) in [6.45, 7) is 0.544. The fourth-order valence-electron chi connectivity index (χ4n) is 1.36. The second-order valence-corrected chi connectivity index (χ2v) is 4.61. The molecule has 0 aliphatic heterocycles. The van der Waals surface area contributed by atoms with Gasteiger partial charge in [0.1, 0.15) is 6.33 Å². The van der Waals surface area contributed by atoms with Crippen molar-refractivity contribution >= 4 is 22.4 Å². The van der Waals surface area contributed by atoms with E-state index in [0.717, 1.165) is 16.6 Å². The largest absolute Gasteiger partial charge is 0.481 e. The molecule has 0 unspecified atom stereocenters. The first kappa shape index (κ1) is 12.5. The Balaban J connectivity index is 1.87. The first-order valence-electron chi connectivity index (χ1n) is 5.38. The van der Waals surface area contributed by atoms with Crippen molar-refractivity contribution in [2.45, 2.75) is 19.4 Å². The molecule has 2 aromatic heterocycles. The molecule has 7 nitrogen and oxygen atoms in total. The summed E-state index contributed by atoms with van der Waals surface area (Å²) in [4.78, 5) is 14.7. The predicted octanol–water partition coefficient (Wildman–Crippen LogP) is 0.901. The van der Waals surface area contributed by atoms with Crippen molar-refractivity contribution < 1.29 is 9.90 Å². The molecule has 0 bridgehead atoms. The number of aliphatic carboxylic acids is 1. The van der Waals surface area contributed by atoms with Crippen molar-refractivity contribution in [1.82, 2.24) is 19.7 Å². The first-order valence-corrected chi connectivity index (χ1v) is 6.26. The highest BCUT2D eigenvalue weighted by Gasteiger charge is 2.06. The predicted molar refractivity (Wildman–Crippen MR) is 66.4 cm³/mol. The molecule has 2 N–H and O–H groups in total. The minimum atomic E-state index is -0.809. The lowest BCUT2D eigenvalue weighted by Gasteiger charge is -2.01. The van der Waals surface area contributed by atoms with E-state index in [-0.39, 0.29) is 6.42 Å². The standard InChI is InChI=1S/C10H13N5O2S/c1-15-6-12-14-8(15)4-11-10-13-7(5-18-10)2-3-9(16)17/h5-6H,2-4H2,1H3,(H,11,13)(H,16,17). The lowest BCUT2D eigenvalue weighted by molar-refractivity contribution is -0.136. The number of hydrogen-bond acceptors (Lipinski definition) is 6. The van der Waals surface area contributed by atoms with Gasteiger partial charge in [0, 0.05) is 18.8 Å². The third kappa shape index (κ3) is 3.27. The van der Waals surface area contributed by atoms with E-state index in [2.05, 4.69) is 20.5 Å². The highest BCUT2D eigenvalue weighted by molar-refractivity contribution is 7.13. The van der Waals surface area contributed by atoms with Crippen molar-refractivity contribution in [3.8, 4) is 0 Å². The van der Waals surface area contributed by atoms with E-state index >= 15 is 0 Å². The molecule has 0 saturated heterocycles. The molecule has 0 atom stereocenters. The third-order valence-corrected chi connectivity index (χ3v) is 3.20. The molecule has 0 aliphatic rings. The number of aromatic nitrogens is 4. The average Bonchev–Trinajstić information content (AvgIpc) is 2.93. The van der Waals surface area contributed by atoms with Gasteiger partial charge in [-0.15, -0.1) is 21.5 Å². The van der Waals surface area contributed by atoms with Crippen LogP contribution in [0.4, 0.5) is 5.13 Å². The number of nitrogens with one attached hydrogen (secondary N) is 1. The second-order valence-electron chi connectivity index (χ2n) is 3.75. The van der Waals surface area contributed by atoms with Crippen LogP contribution >= 0.6 is 11.3 Å². The Morgan fingerprint density at radius 3 is 3.11 bits per heavy atom. The molecule has 0 amide bonds. The quantitative estimate of drug-likeness (QED) is 0.807. The van der Waals surface area contributed by atoms with Crippen LogP contribution in [0.25, 0.3) is 0 Å². The lowest BCUT2D eigenvalue weighted by Crippen LogP contribution is -2.05. The third-order valence-electron chi connectivity index (χ3n) is 2.35. The molecule has 0 fully saturated rings. The normalized spacial score (nSPS) is 10.5. The minimum Gasteiger partial charge on any atom is -0.481 e. The molecule has 0 aromatic carbocycles. The van der Waals surface area contributed by atoms with Crippen LogP contribution in [-0.2, 0) is 24.8 Å². The Labute approximate surface area is 108 Å². The number of carboxylic acids is 1. The number of aryl methyl sites for hydroxylation is 2. The molecule has 2 rings (SSSR count). The molecule has 0 spiro atoms. The number of nitrogens with zero attached hydrogens (tertiary/aromatic N) is 4. The minimum absolute atomic E-state index is 0.104. The molecule has 2 aromatic rings. The maximum Gasteiger partial charge on any atom is 0.303 e. The van der Waals surface area contributed by atoms with E-state index in [9.17, 15) is 4.79 Å². The summed E-state index contributed by atoms with van der Waals surface area (Å²) in [7, 11) is 1.87. The van der Waals surface area contributed by atoms with Gasteiger partial charge in [-0.1, -0.05) is 0 Å². The molecule has 8 heteroatoms. The van der Waals surface area contributed by atoms with Gasteiger partial charge < -0.3 is 15.0 Å². The molecular formula is C10H13N5O2S. The Morgan fingerprint density at radius 1 is 1.61 bits per heavy atom.